The van der Waals surface area contributed by atoms with Gasteiger partial charge in [0.25, 0.3) is 0 Å². The number of nitrogens with one attached hydrogen (secondary N) is 1. The van der Waals surface area contributed by atoms with Crippen molar-refractivity contribution < 1.29 is 8.42 Å². The molecule has 0 heterocycles. The minimum atomic E-state index is -3.85. The van der Waals surface area contributed by atoms with Crippen molar-refractivity contribution in [2.45, 2.75) is 4.90 Å². The highest BCUT2D eigenvalue weighted by Crippen LogP contribution is 2.33. The van der Waals surface area contributed by atoms with Crippen molar-refractivity contribution in [3.63, 3.8) is 0 Å². The maximum atomic E-state index is 11.4. The Morgan fingerprint density at radius 2 is 1.65 bits per heavy atom. The van der Waals surface area contributed by atoms with Crippen molar-refractivity contribution in [2.75, 3.05) is 11.1 Å². The van der Waals surface area contributed by atoms with Crippen molar-refractivity contribution in [1.29, 1.82) is 0 Å². The number of nitrogens with two attached hydrogens (primary N) is 2. The first kappa shape index (κ1) is 14.9. The summed E-state index contributed by atoms with van der Waals surface area (Å²) in [6.07, 6.45) is 0. The van der Waals surface area contributed by atoms with Crippen LogP contribution in [0.5, 0.6) is 0 Å². The van der Waals surface area contributed by atoms with E-state index in [0.29, 0.717) is 21.4 Å². The Bertz CT molecular complexity index is 743. The summed E-state index contributed by atoms with van der Waals surface area (Å²) >= 11 is 12.1. The van der Waals surface area contributed by atoms with Crippen LogP contribution in [-0.4, -0.2) is 8.42 Å². The number of sulfonamides is 1. The molecule has 0 bridgehead atoms. The summed E-state index contributed by atoms with van der Waals surface area (Å²) < 4.78 is 22.7. The van der Waals surface area contributed by atoms with Gasteiger partial charge in [0.2, 0.25) is 10.0 Å². The molecule has 0 aliphatic carbocycles. The number of benzene rings is 2. The maximum absolute atomic E-state index is 11.4. The summed E-state index contributed by atoms with van der Waals surface area (Å²) in [7, 11) is -3.85. The van der Waals surface area contributed by atoms with E-state index in [1.54, 1.807) is 24.3 Å². The molecule has 0 saturated carbocycles. The van der Waals surface area contributed by atoms with Gasteiger partial charge >= 0.3 is 0 Å². The van der Waals surface area contributed by atoms with Gasteiger partial charge in [0, 0.05) is 11.4 Å². The molecule has 0 atom stereocenters. The largest absolute Gasteiger partial charge is 0.399 e. The van der Waals surface area contributed by atoms with Gasteiger partial charge in [-0.15, -0.1) is 0 Å². The number of nitrogen functional groups attached to an aromatic ring is 1. The van der Waals surface area contributed by atoms with Crippen LogP contribution in [0, 0.1) is 0 Å². The van der Waals surface area contributed by atoms with Gasteiger partial charge in [0.05, 0.1) is 20.6 Å². The van der Waals surface area contributed by atoms with E-state index in [1.165, 1.54) is 12.1 Å². The molecule has 106 valence electrons. The molecule has 2 aromatic rings. The van der Waals surface area contributed by atoms with Crippen LogP contribution in [0.1, 0.15) is 0 Å². The second-order valence-corrected chi connectivity index (χ2v) is 6.43. The standard InChI is InChI=1S/C12H11Cl2N3O2S/c13-10-2-1-3-11(14)12(10)17-8-4-7(15)5-9(6-8)20(16,18)19/h1-6,17H,15H2,(H2,16,18,19). The zero-order valence-electron chi connectivity index (χ0n) is 10.1. The third-order valence-corrected chi connectivity index (χ3v) is 4.01. The van der Waals surface area contributed by atoms with Crippen molar-refractivity contribution in [3.05, 3.63) is 46.4 Å². The molecular formula is C12H11Cl2N3O2S. The van der Waals surface area contributed by atoms with Crippen molar-refractivity contribution in [1.82, 2.24) is 0 Å². The molecule has 0 aliphatic heterocycles. The van der Waals surface area contributed by atoms with E-state index in [9.17, 15) is 8.42 Å². The number of hydrogen-bond donors (Lipinski definition) is 3. The number of para-hydroxylation sites is 1. The van der Waals surface area contributed by atoms with Crippen LogP contribution in [0.3, 0.4) is 0 Å². The van der Waals surface area contributed by atoms with E-state index in [4.69, 9.17) is 34.1 Å². The predicted octanol–water partition coefficient (Wildman–Crippen LogP) is 2.97. The molecule has 8 heteroatoms. The van der Waals surface area contributed by atoms with Crippen LogP contribution in [0.15, 0.2) is 41.3 Å². The Morgan fingerprint density at radius 1 is 1.05 bits per heavy atom. The van der Waals surface area contributed by atoms with Crippen LogP contribution in [0.25, 0.3) is 0 Å². The molecular weight excluding hydrogens is 321 g/mol. The van der Waals surface area contributed by atoms with Gasteiger partial charge in [-0.25, -0.2) is 13.6 Å². The fraction of sp³-hybridized carbons (Fsp3) is 0. The van der Waals surface area contributed by atoms with Crippen molar-refractivity contribution in [2.24, 2.45) is 5.14 Å². The van der Waals surface area contributed by atoms with Gasteiger partial charge in [0.15, 0.2) is 0 Å². The topological polar surface area (TPSA) is 98.2 Å². The fourth-order valence-corrected chi connectivity index (χ4v) is 2.70. The minimum absolute atomic E-state index is 0.0943. The summed E-state index contributed by atoms with van der Waals surface area (Å²) in [5.74, 6) is 0. The average molecular weight is 332 g/mol. The van der Waals surface area contributed by atoms with Gasteiger partial charge in [-0.1, -0.05) is 29.3 Å². The van der Waals surface area contributed by atoms with Gasteiger partial charge in [-0.05, 0) is 30.3 Å². The molecule has 2 rings (SSSR count). The van der Waals surface area contributed by atoms with E-state index in [1.807, 2.05) is 0 Å². The lowest BCUT2D eigenvalue weighted by Crippen LogP contribution is -2.12. The molecule has 0 unspecified atom stereocenters. The molecule has 0 saturated heterocycles. The van der Waals surface area contributed by atoms with Crippen LogP contribution in [-0.2, 0) is 10.0 Å². The van der Waals surface area contributed by atoms with Gasteiger partial charge in [0.1, 0.15) is 0 Å². The molecule has 0 fully saturated rings. The third kappa shape index (κ3) is 3.34. The van der Waals surface area contributed by atoms with Crippen LogP contribution in [0.4, 0.5) is 17.1 Å². The predicted molar refractivity (Wildman–Crippen MR) is 82.0 cm³/mol. The number of anilines is 3. The Kier molecular flexibility index (Phi) is 4.10. The number of primary sulfonamides is 1. The average Bonchev–Trinajstić information content (AvgIpc) is 2.32. The van der Waals surface area contributed by atoms with E-state index in [-0.39, 0.29) is 10.6 Å². The second-order valence-electron chi connectivity index (χ2n) is 4.06. The summed E-state index contributed by atoms with van der Waals surface area (Å²) in [5.41, 5.74) is 6.79. The quantitative estimate of drug-likeness (QED) is 0.753. The first-order valence-corrected chi connectivity index (χ1v) is 7.72. The monoisotopic (exact) mass is 331 g/mol. The highest BCUT2D eigenvalue weighted by atomic mass is 35.5. The van der Waals surface area contributed by atoms with Gasteiger partial charge in [-0.3, -0.25) is 0 Å². The van der Waals surface area contributed by atoms with Gasteiger partial charge in [-0.2, -0.15) is 0 Å². The highest BCUT2D eigenvalue weighted by molar-refractivity contribution is 7.89. The normalized spacial score (nSPS) is 11.3. The molecule has 0 radical (unpaired) electrons. The Morgan fingerprint density at radius 3 is 2.20 bits per heavy atom. The molecule has 0 spiro atoms. The first-order chi connectivity index (χ1) is 9.27. The first-order valence-electron chi connectivity index (χ1n) is 5.42. The minimum Gasteiger partial charge on any atom is -0.399 e. The number of hydrogen-bond acceptors (Lipinski definition) is 4. The molecule has 5 nitrogen and oxygen atoms in total. The summed E-state index contributed by atoms with van der Waals surface area (Å²) in [4.78, 5) is -0.0943. The zero-order chi connectivity index (χ0) is 14.9. The second kappa shape index (κ2) is 5.49. The Hall–Kier alpha value is -1.47. The van der Waals surface area contributed by atoms with Gasteiger partial charge < -0.3 is 11.1 Å². The summed E-state index contributed by atoms with van der Waals surface area (Å²) in [6, 6.07) is 9.19. The fourth-order valence-electron chi connectivity index (χ4n) is 1.62. The lowest BCUT2D eigenvalue weighted by Gasteiger charge is -2.12. The number of halogens is 2. The zero-order valence-corrected chi connectivity index (χ0v) is 12.4. The number of rotatable bonds is 3. The Labute approximate surface area is 126 Å². The molecule has 0 aliphatic rings. The smallest absolute Gasteiger partial charge is 0.238 e. The van der Waals surface area contributed by atoms with E-state index in [2.05, 4.69) is 5.32 Å². The third-order valence-electron chi connectivity index (χ3n) is 2.49. The molecule has 2 aromatic carbocycles. The van der Waals surface area contributed by atoms with E-state index in [0.717, 1.165) is 0 Å². The Balaban J connectivity index is 2.47. The van der Waals surface area contributed by atoms with Crippen LogP contribution >= 0.6 is 23.2 Å². The molecule has 5 N–H and O–H groups in total. The maximum Gasteiger partial charge on any atom is 0.238 e. The molecule has 20 heavy (non-hydrogen) atoms. The lowest BCUT2D eigenvalue weighted by atomic mass is 10.2. The van der Waals surface area contributed by atoms with Crippen LogP contribution in [0.2, 0.25) is 10.0 Å². The van der Waals surface area contributed by atoms with Crippen molar-refractivity contribution in [3.8, 4) is 0 Å². The summed E-state index contributed by atoms with van der Waals surface area (Å²) in [5, 5.41) is 8.81. The summed E-state index contributed by atoms with van der Waals surface area (Å²) in [6.45, 7) is 0. The highest BCUT2D eigenvalue weighted by Gasteiger charge is 2.12. The molecule has 0 amide bonds. The lowest BCUT2D eigenvalue weighted by molar-refractivity contribution is 0.598. The van der Waals surface area contributed by atoms with Crippen LogP contribution < -0.4 is 16.2 Å². The molecule has 0 aromatic heterocycles. The SMILES string of the molecule is Nc1cc(Nc2c(Cl)cccc2Cl)cc(S(N)(=O)=O)c1. The van der Waals surface area contributed by atoms with Crippen molar-refractivity contribution >= 4 is 50.3 Å². The van der Waals surface area contributed by atoms with E-state index < -0.39 is 10.0 Å². The van der Waals surface area contributed by atoms with E-state index >= 15 is 0 Å².